The Hall–Kier alpha value is -2.92. The zero-order valence-electron chi connectivity index (χ0n) is 14.7. The van der Waals surface area contributed by atoms with Gasteiger partial charge < -0.3 is 10.1 Å². The van der Waals surface area contributed by atoms with Gasteiger partial charge in [0.25, 0.3) is 0 Å². The molecule has 1 unspecified atom stereocenters. The number of methoxy groups -OCH3 is 1. The molecule has 2 aromatic carbocycles. The maximum Gasteiger partial charge on any atom is 0.244 e. The van der Waals surface area contributed by atoms with E-state index in [1.165, 1.54) is 6.08 Å². The third-order valence-electron chi connectivity index (χ3n) is 3.92. The van der Waals surface area contributed by atoms with Gasteiger partial charge >= 0.3 is 0 Å². The molecule has 5 heteroatoms. The van der Waals surface area contributed by atoms with Gasteiger partial charge in [-0.1, -0.05) is 30.3 Å². The molecule has 1 atom stereocenters. The van der Waals surface area contributed by atoms with E-state index in [1.54, 1.807) is 24.5 Å². The quantitative estimate of drug-likeness (QED) is 0.645. The number of ether oxygens (including phenoxy) is 1. The first-order valence-corrected chi connectivity index (χ1v) is 9.17. The third-order valence-corrected chi connectivity index (χ3v) is 4.83. The number of amides is 1. The van der Waals surface area contributed by atoms with Gasteiger partial charge in [0.2, 0.25) is 5.91 Å². The first-order chi connectivity index (χ1) is 12.7. The molecule has 1 N–H and O–H groups in total. The van der Waals surface area contributed by atoms with E-state index in [0.717, 1.165) is 27.6 Å². The highest BCUT2D eigenvalue weighted by molar-refractivity contribution is 7.13. The predicted octanol–water partition coefficient (Wildman–Crippen LogP) is 4.71. The standard InChI is InChI=1S/C21H20N2O2S/c1-15(16-6-4-3-5-7-16)22-20(24)13-10-18-14-26-21(23-18)17-8-11-19(25-2)12-9-17/h3-15H,1-2H3,(H,22,24). The molecule has 0 aliphatic heterocycles. The summed E-state index contributed by atoms with van der Waals surface area (Å²) >= 11 is 1.54. The number of rotatable bonds is 6. The Bertz CT molecular complexity index is 886. The van der Waals surface area contributed by atoms with Gasteiger partial charge in [0.05, 0.1) is 18.8 Å². The second kappa shape index (κ2) is 8.45. The number of aromatic nitrogens is 1. The van der Waals surface area contributed by atoms with Crippen LogP contribution in [0.15, 0.2) is 66.1 Å². The van der Waals surface area contributed by atoms with E-state index in [9.17, 15) is 4.79 Å². The third kappa shape index (κ3) is 4.58. The van der Waals surface area contributed by atoms with Gasteiger partial charge in [0, 0.05) is 17.0 Å². The lowest BCUT2D eigenvalue weighted by atomic mass is 10.1. The predicted molar refractivity (Wildman–Crippen MR) is 106 cm³/mol. The molecule has 3 rings (SSSR count). The van der Waals surface area contributed by atoms with E-state index in [2.05, 4.69) is 10.3 Å². The topological polar surface area (TPSA) is 51.2 Å². The van der Waals surface area contributed by atoms with E-state index in [4.69, 9.17) is 4.74 Å². The SMILES string of the molecule is COc1ccc(-c2nc(C=CC(=O)NC(C)c3ccccc3)cs2)cc1. The number of carbonyl (C=O) groups is 1. The van der Waals surface area contributed by atoms with Gasteiger partial charge in [-0.2, -0.15) is 0 Å². The lowest BCUT2D eigenvalue weighted by Crippen LogP contribution is -2.24. The summed E-state index contributed by atoms with van der Waals surface area (Å²) in [4.78, 5) is 16.7. The van der Waals surface area contributed by atoms with Crippen LogP contribution in [-0.2, 0) is 4.79 Å². The highest BCUT2D eigenvalue weighted by atomic mass is 32.1. The Morgan fingerprint density at radius 2 is 1.88 bits per heavy atom. The molecular formula is C21H20N2O2S. The van der Waals surface area contributed by atoms with Crippen molar-refractivity contribution in [2.24, 2.45) is 0 Å². The molecule has 132 valence electrons. The van der Waals surface area contributed by atoms with Crippen LogP contribution in [0.2, 0.25) is 0 Å². The van der Waals surface area contributed by atoms with Crippen molar-refractivity contribution in [3.63, 3.8) is 0 Å². The first kappa shape index (κ1) is 17.9. The summed E-state index contributed by atoms with van der Waals surface area (Å²) in [6, 6.07) is 17.6. The molecule has 0 spiro atoms. The minimum absolute atomic E-state index is 0.0429. The van der Waals surface area contributed by atoms with E-state index in [1.807, 2.05) is 66.9 Å². The minimum Gasteiger partial charge on any atom is -0.497 e. The van der Waals surface area contributed by atoms with Crippen LogP contribution in [0.5, 0.6) is 5.75 Å². The lowest BCUT2D eigenvalue weighted by molar-refractivity contribution is -0.117. The maximum absolute atomic E-state index is 12.1. The van der Waals surface area contributed by atoms with E-state index < -0.39 is 0 Å². The Labute approximate surface area is 157 Å². The molecule has 0 radical (unpaired) electrons. The van der Waals surface area contributed by atoms with Crippen molar-refractivity contribution in [1.82, 2.24) is 10.3 Å². The van der Waals surface area contributed by atoms with Crippen molar-refractivity contribution in [2.75, 3.05) is 7.11 Å². The van der Waals surface area contributed by atoms with Gasteiger partial charge in [-0.05, 0) is 42.8 Å². The lowest BCUT2D eigenvalue weighted by Gasteiger charge is -2.12. The Kier molecular flexibility index (Phi) is 5.81. The van der Waals surface area contributed by atoms with Crippen LogP contribution in [0, 0.1) is 0 Å². The molecule has 4 nitrogen and oxygen atoms in total. The normalized spacial score (nSPS) is 12.1. The average Bonchev–Trinajstić information content (AvgIpc) is 3.16. The van der Waals surface area contributed by atoms with Gasteiger partial charge in [0.1, 0.15) is 10.8 Å². The molecule has 26 heavy (non-hydrogen) atoms. The van der Waals surface area contributed by atoms with Crippen LogP contribution in [0.4, 0.5) is 0 Å². The van der Waals surface area contributed by atoms with Gasteiger partial charge in [-0.25, -0.2) is 4.98 Å². The number of hydrogen-bond acceptors (Lipinski definition) is 4. The molecule has 0 aliphatic rings. The highest BCUT2D eigenvalue weighted by Gasteiger charge is 2.07. The fourth-order valence-electron chi connectivity index (χ4n) is 2.48. The van der Waals surface area contributed by atoms with Crippen LogP contribution in [0.1, 0.15) is 24.2 Å². The van der Waals surface area contributed by atoms with Crippen molar-refractivity contribution in [2.45, 2.75) is 13.0 Å². The van der Waals surface area contributed by atoms with Gasteiger partial charge in [-0.15, -0.1) is 11.3 Å². The molecule has 0 saturated carbocycles. The van der Waals surface area contributed by atoms with Crippen molar-refractivity contribution >= 4 is 23.3 Å². The van der Waals surface area contributed by atoms with Crippen molar-refractivity contribution in [1.29, 1.82) is 0 Å². The van der Waals surface area contributed by atoms with Crippen molar-refractivity contribution in [3.8, 4) is 16.3 Å². The average molecular weight is 364 g/mol. The first-order valence-electron chi connectivity index (χ1n) is 8.29. The minimum atomic E-state index is -0.139. The Morgan fingerprint density at radius 3 is 2.58 bits per heavy atom. The second-order valence-electron chi connectivity index (χ2n) is 5.78. The molecule has 1 amide bonds. The number of hydrogen-bond donors (Lipinski definition) is 1. The molecule has 0 bridgehead atoms. The molecule has 3 aromatic rings. The van der Waals surface area contributed by atoms with Crippen molar-refractivity contribution < 1.29 is 9.53 Å². The van der Waals surface area contributed by atoms with Gasteiger partial charge in [-0.3, -0.25) is 4.79 Å². The highest BCUT2D eigenvalue weighted by Crippen LogP contribution is 2.26. The summed E-state index contributed by atoms with van der Waals surface area (Å²) in [5, 5.41) is 5.80. The molecule has 1 aromatic heterocycles. The second-order valence-corrected chi connectivity index (χ2v) is 6.64. The van der Waals surface area contributed by atoms with Crippen LogP contribution in [0.3, 0.4) is 0 Å². The van der Waals surface area contributed by atoms with Crippen LogP contribution < -0.4 is 10.1 Å². The van der Waals surface area contributed by atoms with Crippen LogP contribution >= 0.6 is 11.3 Å². The molecule has 0 fully saturated rings. The number of benzene rings is 2. The molecule has 1 heterocycles. The number of thiazole rings is 1. The van der Waals surface area contributed by atoms with E-state index in [-0.39, 0.29) is 11.9 Å². The summed E-state index contributed by atoms with van der Waals surface area (Å²) in [6.45, 7) is 1.96. The number of nitrogens with zero attached hydrogens (tertiary/aromatic N) is 1. The fourth-order valence-corrected chi connectivity index (χ4v) is 3.27. The summed E-state index contributed by atoms with van der Waals surface area (Å²) in [5.74, 6) is 0.676. The van der Waals surface area contributed by atoms with E-state index >= 15 is 0 Å². The largest absolute Gasteiger partial charge is 0.497 e. The molecule has 0 saturated heterocycles. The zero-order chi connectivity index (χ0) is 18.4. The maximum atomic E-state index is 12.1. The molecular weight excluding hydrogens is 344 g/mol. The smallest absolute Gasteiger partial charge is 0.244 e. The van der Waals surface area contributed by atoms with Crippen molar-refractivity contribution in [3.05, 3.63) is 77.3 Å². The summed E-state index contributed by atoms with van der Waals surface area (Å²) < 4.78 is 5.17. The number of nitrogens with one attached hydrogen (secondary N) is 1. The van der Waals surface area contributed by atoms with Gasteiger partial charge in [0.15, 0.2) is 0 Å². The van der Waals surface area contributed by atoms with Crippen LogP contribution in [-0.4, -0.2) is 18.0 Å². The summed E-state index contributed by atoms with van der Waals surface area (Å²) in [7, 11) is 1.64. The van der Waals surface area contributed by atoms with Crippen LogP contribution in [0.25, 0.3) is 16.6 Å². The molecule has 0 aliphatic carbocycles. The summed E-state index contributed by atoms with van der Waals surface area (Å²) in [6.07, 6.45) is 3.25. The fraction of sp³-hybridized carbons (Fsp3) is 0.143. The number of carbonyl (C=O) groups excluding carboxylic acids is 1. The Morgan fingerprint density at radius 1 is 1.15 bits per heavy atom. The monoisotopic (exact) mass is 364 g/mol. The summed E-state index contributed by atoms with van der Waals surface area (Å²) in [5.41, 5.74) is 2.87. The Balaban J connectivity index is 1.61. The van der Waals surface area contributed by atoms with E-state index in [0.29, 0.717) is 0 Å². The zero-order valence-corrected chi connectivity index (χ0v) is 15.5.